The highest BCUT2D eigenvalue weighted by atomic mass is 16.5. The van der Waals surface area contributed by atoms with Gasteiger partial charge in [0, 0.05) is 0 Å². The van der Waals surface area contributed by atoms with Crippen molar-refractivity contribution in [3.63, 3.8) is 0 Å². The zero-order valence-corrected chi connectivity index (χ0v) is 13.2. The summed E-state index contributed by atoms with van der Waals surface area (Å²) in [5.74, 6) is -0.176. The summed E-state index contributed by atoms with van der Waals surface area (Å²) in [6.07, 6.45) is -0.221. The smallest absolute Gasteiger partial charge is 0.233 e. The molecular formula is C16H25NO3. The van der Waals surface area contributed by atoms with Crippen molar-refractivity contribution < 1.29 is 14.3 Å². The van der Waals surface area contributed by atoms with E-state index in [-0.39, 0.29) is 46.7 Å². The summed E-state index contributed by atoms with van der Waals surface area (Å²) in [6.45, 7) is 13.3. The summed E-state index contributed by atoms with van der Waals surface area (Å²) in [4.78, 5) is 24.1. The molecule has 20 heavy (non-hydrogen) atoms. The highest BCUT2D eigenvalue weighted by molar-refractivity contribution is 6.06. The molecule has 1 N–H and O–H groups in total. The number of fused-ring (bicyclic) bond motifs is 5. The minimum atomic E-state index is -0.268. The Balaban J connectivity index is 2.05. The van der Waals surface area contributed by atoms with E-state index >= 15 is 0 Å². The Kier molecular flexibility index (Phi) is 2.70. The monoisotopic (exact) mass is 279 g/mol. The first kappa shape index (κ1) is 14.1. The van der Waals surface area contributed by atoms with Crippen molar-refractivity contribution in [3.05, 3.63) is 0 Å². The van der Waals surface area contributed by atoms with E-state index in [0.29, 0.717) is 11.8 Å². The summed E-state index contributed by atoms with van der Waals surface area (Å²) in [5.41, 5.74) is 0.127. The van der Waals surface area contributed by atoms with Crippen LogP contribution in [-0.2, 0) is 14.3 Å². The number of hydrogen-bond donors (Lipinski definition) is 1. The lowest BCUT2D eigenvalue weighted by molar-refractivity contribution is -0.128. The molecule has 0 aromatic carbocycles. The predicted octanol–water partition coefficient (Wildman–Crippen LogP) is 1.98. The van der Waals surface area contributed by atoms with E-state index in [1.807, 2.05) is 0 Å². The zero-order chi connectivity index (χ0) is 15.0. The number of hydrogen-bond acceptors (Lipinski definition) is 3. The minimum absolute atomic E-state index is 0.0637. The molecule has 4 nitrogen and oxygen atoms in total. The molecule has 0 spiro atoms. The van der Waals surface area contributed by atoms with Crippen LogP contribution in [0.15, 0.2) is 0 Å². The van der Waals surface area contributed by atoms with Gasteiger partial charge in [-0.15, -0.1) is 0 Å². The Morgan fingerprint density at radius 3 is 1.45 bits per heavy atom. The van der Waals surface area contributed by atoms with Crippen molar-refractivity contribution in [1.82, 2.24) is 5.32 Å². The average Bonchev–Trinajstić information content (AvgIpc) is 2.86. The summed E-state index contributed by atoms with van der Waals surface area (Å²) >= 11 is 0. The normalized spacial score (nSPS) is 43.9. The molecule has 0 radical (unpaired) electrons. The lowest BCUT2D eigenvalue weighted by Gasteiger charge is -2.46. The van der Waals surface area contributed by atoms with Crippen LogP contribution in [0.4, 0.5) is 0 Å². The van der Waals surface area contributed by atoms with Crippen molar-refractivity contribution in [2.24, 2.45) is 34.5 Å². The molecule has 6 atom stereocenters. The van der Waals surface area contributed by atoms with E-state index in [1.165, 1.54) is 0 Å². The second-order valence-corrected chi connectivity index (χ2v) is 8.75. The summed E-state index contributed by atoms with van der Waals surface area (Å²) < 4.78 is 6.18. The highest BCUT2D eigenvalue weighted by Crippen LogP contribution is 2.61. The third-order valence-electron chi connectivity index (χ3n) is 5.36. The first-order chi connectivity index (χ1) is 9.03. The van der Waals surface area contributed by atoms with Gasteiger partial charge in [-0.05, 0) is 22.7 Å². The lowest BCUT2D eigenvalue weighted by atomic mass is 9.55. The third kappa shape index (κ3) is 1.70. The van der Waals surface area contributed by atoms with Crippen LogP contribution in [0.2, 0.25) is 0 Å². The van der Waals surface area contributed by atoms with Crippen molar-refractivity contribution >= 4 is 11.8 Å². The van der Waals surface area contributed by atoms with Gasteiger partial charge in [-0.3, -0.25) is 14.9 Å². The van der Waals surface area contributed by atoms with E-state index < -0.39 is 0 Å². The highest BCUT2D eigenvalue weighted by Gasteiger charge is 2.69. The summed E-state index contributed by atoms with van der Waals surface area (Å²) in [7, 11) is 0. The number of carbonyl (C=O) groups excluding carboxylic acids is 2. The lowest BCUT2D eigenvalue weighted by Crippen LogP contribution is -2.50. The van der Waals surface area contributed by atoms with Gasteiger partial charge in [-0.1, -0.05) is 41.5 Å². The van der Waals surface area contributed by atoms with Crippen molar-refractivity contribution in [3.8, 4) is 0 Å². The third-order valence-corrected chi connectivity index (χ3v) is 5.36. The molecule has 3 heterocycles. The van der Waals surface area contributed by atoms with Crippen LogP contribution >= 0.6 is 0 Å². The van der Waals surface area contributed by atoms with Crippen LogP contribution in [0.1, 0.15) is 41.5 Å². The molecule has 3 fully saturated rings. The number of ether oxygens (including phenoxy) is 1. The molecule has 0 saturated carbocycles. The maximum absolute atomic E-state index is 12.1. The maximum Gasteiger partial charge on any atom is 0.233 e. The van der Waals surface area contributed by atoms with Crippen LogP contribution in [0.5, 0.6) is 0 Å². The topological polar surface area (TPSA) is 55.4 Å². The van der Waals surface area contributed by atoms with Gasteiger partial charge in [-0.25, -0.2) is 0 Å². The SMILES string of the molecule is CC(C)(C)C1C2OC(C3C(=O)NC(=O)C23)C1C(C)(C)C. The van der Waals surface area contributed by atoms with Gasteiger partial charge in [-0.2, -0.15) is 0 Å². The van der Waals surface area contributed by atoms with Gasteiger partial charge in [0.25, 0.3) is 0 Å². The fourth-order valence-electron chi connectivity index (χ4n) is 4.76. The quantitative estimate of drug-likeness (QED) is 0.690. The van der Waals surface area contributed by atoms with Crippen LogP contribution in [0, 0.1) is 34.5 Å². The fourth-order valence-corrected chi connectivity index (χ4v) is 4.76. The fraction of sp³-hybridized carbons (Fsp3) is 0.875. The van der Waals surface area contributed by atoms with Crippen molar-refractivity contribution in [2.75, 3.05) is 0 Å². The average molecular weight is 279 g/mol. The molecule has 0 aliphatic carbocycles. The van der Waals surface area contributed by atoms with E-state index in [9.17, 15) is 9.59 Å². The number of amides is 2. The largest absolute Gasteiger partial charge is 0.373 e. The molecular weight excluding hydrogens is 254 g/mol. The molecule has 3 rings (SSSR count). The number of imide groups is 1. The molecule has 6 unspecified atom stereocenters. The van der Waals surface area contributed by atoms with Gasteiger partial charge >= 0.3 is 0 Å². The van der Waals surface area contributed by atoms with Gasteiger partial charge in [0.1, 0.15) is 0 Å². The summed E-state index contributed by atoms with van der Waals surface area (Å²) in [5, 5.41) is 2.51. The summed E-state index contributed by atoms with van der Waals surface area (Å²) in [6, 6.07) is 0. The molecule has 3 saturated heterocycles. The Morgan fingerprint density at radius 1 is 0.800 bits per heavy atom. The Hall–Kier alpha value is -0.900. The molecule has 3 aliphatic heterocycles. The van der Waals surface area contributed by atoms with E-state index in [0.717, 1.165) is 0 Å². The van der Waals surface area contributed by atoms with Gasteiger partial charge in [0.2, 0.25) is 11.8 Å². The molecule has 0 aromatic rings. The first-order valence-corrected chi connectivity index (χ1v) is 7.53. The van der Waals surface area contributed by atoms with Crippen molar-refractivity contribution in [2.45, 2.75) is 53.8 Å². The van der Waals surface area contributed by atoms with Gasteiger partial charge in [0.15, 0.2) is 0 Å². The van der Waals surface area contributed by atoms with Crippen LogP contribution in [0.3, 0.4) is 0 Å². The maximum atomic E-state index is 12.1. The number of carbonyl (C=O) groups is 2. The molecule has 2 amide bonds. The first-order valence-electron chi connectivity index (χ1n) is 7.53. The Bertz CT molecular complexity index is 429. The predicted molar refractivity (Wildman–Crippen MR) is 74.7 cm³/mol. The second-order valence-electron chi connectivity index (χ2n) is 8.75. The van der Waals surface area contributed by atoms with Gasteiger partial charge < -0.3 is 4.74 Å². The zero-order valence-electron chi connectivity index (χ0n) is 13.2. The molecule has 112 valence electrons. The molecule has 2 bridgehead atoms. The molecule has 3 aliphatic rings. The van der Waals surface area contributed by atoms with E-state index in [4.69, 9.17) is 4.74 Å². The standard InChI is InChI=1S/C16H25NO3/c1-15(2,3)9-10(16(4,5)6)12-8-7(11(9)20-12)13(18)17-14(8)19/h7-12H,1-6H3,(H,17,18,19). The number of nitrogens with one attached hydrogen (secondary N) is 1. The van der Waals surface area contributed by atoms with E-state index in [2.05, 4.69) is 46.9 Å². The van der Waals surface area contributed by atoms with Crippen LogP contribution < -0.4 is 5.32 Å². The van der Waals surface area contributed by atoms with Crippen LogP contribution in [-0.4, -0.2) is 24.0 Å². The van der Waals surface area contributed by atoms with Crippen LogP contribution in [0.25, 0.3) is 0 Å². The van der Waals surface area contributed by atoms with E-state index in [1.54, 1.807) is 0 Å². The Labute approximate surface area is 120 Å². The molecule has 4 heteroatoms. The molecule has 0 aromatic heterocycles. The second kappa shape index (κ2) is 3.85. The van der Waals surface area contributed by atoms with Gasteiger partial charge in [0.05, 0.1) is 24.0 Å². The Morgan fingerprint density at radius 2 is 1.15 bits per heavy atom. The van der Waals surface area contributed by atoms with Crippen molar-refractivity contribution in [1.29, 1.82) is 0 Å². The number of rotatable bonds is 0. The minimum Gasteiger partial charge on any atom is -0.373 e.